The highest BCUT2D eigenvalue weighted by molar-refractivity contribution is 5.83. The van der Waals surface area contributed by atoms with Gasteiger partial charge in [-0.15, -0.1) is 0 Å². The van der Waals surface area contributed by atoms with Crippen molar-refractivity contribution in [1.82, 2.24) is 0 Å². The molecule has 0 fully saturated rings. The summed E-state index contributed by atoms with van der Waals surface area (Å²) in [6.45, 7) is 11.8. The summed E-state index contributed by atoms with van der Waals surface area (Å²) in [6, 6.07) is 0. The number of rotatable bonds is 7. The number of hydrogen-bond acceptors (Lipinski definition) is 2. The van der Waals surface area contributed by atoms with Crippen LogP contribution in [0.4, 0.5) is 0 Å². The van der Waals surface area contributed by atoms with E-state index in [9.17, 15) is 9.59 Å². The second-order valence-electron chi connectivity index (χ2n) is 5.62. The molecule has 0 heterocycles. The zero-order chi connectivity index (χ0) is 12.9. The Bertz CT molecular complexity index is 241. The van der Waals surface area contributed by atoms with Gasteiger partial charge >= 0.3 is 0 Å². The topological polar surface area (TPSA) is 34.1 Å². The van der Waals surface area contributed by atoms with Crippen molar-refractivity contribution >= 4 is 11.6 Å². The van der Waals surface area contributed by atoms with Crippen molar-refractivity contribution in [3.05, 3.63) is 0 Å². The van der Waals surface area contributed by atoms with Crippen LogP contribution in [0.2, 0.25) is 0 Å². The van der Waals surface area contributed by atoms with E-state index in [2.05, 4.69) is 6.92 Å². The quantitative estimate of drug-likeness (QED) is 0.666. The van der Waals surface area contributed by atoms with Crippen LogP contribution in [0.1, 0.15) is 54.4 Å². The molecule has 0 spiro atoms. The molecule has 0 bridgehead atoms. The maximum atomic E-state index is 11.7. The lowest BCUT2D eigenvalue weighted by atomic mass is 9.86. The largest absolute Gasteiger partial charge is 0.299 e. The van der Waals surface area contributed by atoms with E-state index in [1.165, 1.54) is 0 Å². The third-order valence-corrected chi connectivity index (χ3v) is 3.00. The molecule has 0 saturated carbocycles. The molecular formula is C14H26O2. The SMILES string of the molecule is CC(CC(=O)C(C)C)CC(C)C(=O)C(C)C. The molecule has 2 nitrogen and oxygen atoms in total. The molecule has 2 unspecified atom stereocenters. The Balaban J connectivity index is 4.10. The minimum atomic E-state index is 0.0787. The summed E-state index contributed by atoms with van der Waals surface area (Å²) in [5.41, 5.74) is 0. The highest BCUT2D eigenvalue weighted by atomic mass is 16.1. The Labute approximate surface area is 99.8 Å². The van der Waals surface area contributed by atoms with Gasteiger partial charge in [0.15, 0.2) is 0 Å². The normalized spacial score (nSPS) is 15.2. The van der Waals surface area contributed by atoms with Crippen LogP contribution in [0, 0.1) is 23.7 Å². The van der Waals surface area contributed by atoms with Crippen molar-refractivity contribution in [2.75, 3.05) is 0 Å². The Hall–Kier alpha value is -0.660. The van der Waals surface area contributed by atoms with Crippen molar-refractivity contribution in [3.63, 3.8) is 0 Å². The van der Waals surface area contributed by atoms with Crippen LogP contribution >= 0.6 is 0 Å². The van der Waals surface area contributed by atoms with Crippen molar-refractivity contribution < 1.29 is 9.59 Å². The number of Topliss-reactive ketones (excluding diaryl/α,β-unsaturated/α-hetero) is 2. The van der Waals surface area contributed by atoms with Crippen molar-refractivity contribution in [3.8, 4) is 0 Å². The van der Waals surface area contributed by atoms with Gasteiger partial charge < -0.3 is 0 Å². The number of carbonyl (C=O) groups is 2. The highest BCUT2D eigenvalue weighted by Gasteiger charge is 2.20. The van der Waals surface area contributed by atoms with Crippen molar-refractivity contribution in [1.29, 1.82) is 0 Å². The van der Waals surface area contributed by atoms with Gasteiger partial charge in [-0.1, -0.05) is 41.5 Å². The molecule has 16 heavy (non-hydrogen) atoms. The Kier molecular flexibility index (Phi) is 6.54. The summed E-state index contributed by atoms with van der Waals surface area (Å²) in [6.07, 6.45) is 1.43. The first kappa shape index (κ1) is 15.3. The average molecular weight is 226 g/mol. The number of ketones is 2. The highest BCUT2D eigenvalue weighted by Crippen LogP contribution is 2.20. The van der Waals surface area contributed by atoms with E-state index >= 15 is 0 Å². The molecule has 0 aliphatic carbocycles. The molecule has 94 valence electrons. The molecule has 0 amide bonds. The first-order chi connectivity index (χ1) is 7.25. The molecule has 0 aromatic rings. The van der Waals surface area contributed by atoms with Crippen LogP contribution < -0.4 is 0 Å². The molecule has 0 N–H and O–H groups in total. The van der Waals surface area contributed by atoms with E-state index < -0.39 is 0 Å². The number of carbonyl (C=O) groups excluding carboxylic acids is 2. The lowest BCUT2D eigenvalue weighted by Gasteiger charge is -2.18. The second kappa shape index (κ2) is 6.82. The fourth-order valence-electron chi connectivity index (χ4n) is 1.95. The van der Waals surface area contributed by atoms with Crippen LogP contribution in [-0.4, -0.2) is 11.6 Å². The molecule has 2 heteroatoms. The van der Waals surface area contributed by atoms with E-state index in [1.807, 2.05) is 34.6 Å². The Morgan fingerprint density at radius 1 is 0.875 bits per heavy atom. The van der Waals surface area contributed by atoms with Crippen LogP contribution in [0.25, 0.3) is 0 Å². The van der Waals surface area contributed by atoms with E-state index in [4.69, 9.17) is 0 Å². The maximum absolute atomic E-state index is 11.7. The van der Waals surface area contributed by atoms with Gasteiger partial charge in [0.05, 0.1) is 0 Å². The third kappa shape index (κ3) is 5.43. The minimum absolute atomic E-state index is 0.0787. The summed E-state index contributed by atoms with van der Waals surface area (Å²) >= 11 is 0. The zero-order valence-corrected chi connectivity index (χ0v) is 11.5. The number of hydrogen-bond donors (Lipinski definition) is 0. The maximum Gasteiger partial charge on any atom is 0.138 e. The lowest BCUT2D eigenvalue weighted by Crippen LogP contribution is -2.21. The van der Waals surface area contributed by atoms with E-state index in [0.29, 0.717) is 23.9 Å². The molecule has 0 aromatic carbocycles. The first-order valence-corrected chi connectivity index (χ1v) is 6.32. The fourth-order valence-corrected chi connectivity index (χ4v) is 1.95. The van der Waals surface area contributed by atoms with Crippen LogP contribution in [0.3, 0.4) is 0 Å². The van der Waals surface area contributed by atoms with Gasteiger partial charge in [0.25, 0.3) is 0 Å². The van der Waals surface area contributed by atoms with Gasteiger partial charge in [0.2, 0.25) is 0 Å². The Morgan fingerprint density at radius 3 is 1.75 bits per heavy atom. The van der Waals surface area contributed by atoms with Crippen molar-refractivity contribution in [2.45, 2.75) is 54.4 Å². The molecule has 0 aliphatic rings. The summed E-state index contributed by atoms with van der Waals surface area (Å²) in [7, 11) is 0. The summed E-state index contributed by atoms with van der Waals surface area (Å²) in [5.74, 6) is 1.21. The third-order valence-electron chi connectivity index (χ3n) is 3.00. The lowest BCUT2D eigenvalue weighted by molar-refractivity contribution is -0.127. The summed E-state index contributed by atoms with van der Waals surface area (Å²) in [5, 5.41) is 0. The Morgan fingerprint density at radius 2 is 1.38 bits per heavy atom. The van der Waals surface area contributed by atoms with E-state index in [1.54, 1.807) is 0 Å². The second-order valence-corrected chi connectivity index (χ2v) is 5.62. The zero-order valence-electron chi connectivity index (χ0n) is 11.5. The van der Waals surface area contributed by atoms with E-state index in [-0.39, 0.29) is 17.8 Å². The standard InChI is InChI=1S/C14H26O2/c1-9(2)13(15)8-11(5)7-12(6)14(16)10(3)4/h9-12H,7-8H2,1-6H3. The average Bonchev–Trinajstić information content (AvgIpc) is 2.15. The first-order valence-electron chi connectivity index (χ1n) is 6.32. The van der Waals surface area contributed by atoms with Gasteiger partial charge in [-0.2, -0.15) is 0 Å². The summed E-state index contributed by atoms with van der Waals surface area (Å²) in [4.78, 5) is 23.3. The van der Waals surface area contributed by atoms with Gasteiger partial charge in [-0.05, 0) is 12.3 Å². The molecule has 0 saturated heterocycles. The monoisotopic (exact) mass is 226 g/mol. The molecule has 0 aromatic heterocycles. The fraction of sp³-hybridized carbons (Fsp3) is 0.857. The molecule has 0 aliphatic heterocycles. The van der Waals surface area contributed by atoms with Crippen LogP contribution in [0.5, 0.6) is 0 Å². The van der Waals surface area contributed by atoms with Gasteiger partial charge in [-0.25, -0.2) is 0 Å². The van der Waals surface area contributed by atoms with Gasteiger partial charge in [0, 0.05) is 24.2 Å². The van der Waals surface area contributed by atoms with Crippen LogP contribution in [0.15, 0.2) is 0 Å². The summed E-state index contributed by atoms with van der Waals surface area (Å²) < 4.78 is 0. The van der Waals surface area contributed by atoms with Crippen LogP contribution in [-0.2, 0) is 9.59 Å². The smallest absolute Gasteiger partial charge is 0.138 e. The van der Waals surface area contributed by atoms with Gasteiger partial charge in [-0.3, -0.25) is 9.59 Å². The molecular weight excluding hydrogens is 200 g/mol. The molecule has 0 rings (SSSR count). The minimum Gasteiger partial charge on any atom is -0.299 e. The van der Waals surface area contributed by atoms with Crippen molar-refractivity contribution in [2.24, 2.45) is 23.7 Å². The van der Waals surface area contributed by atoms with E-state index in [0.717, 1.165) is 6.42 Å². The van der Waals surface area contributed by atoms with Gasteiger partial charge in [0.1, 0.15) is 11.6 Å². The predicted octanol–water partition coefficient (Wildman–Crippen LogP) is 3.49. The molecule has 2 atom stereocenters. The predicted molar refractivity (Wildman–Crippen MR) is 67.3 cm³/mol. The molecule has 0 radical (unpaired) electrons.